The number of ether oxygens (including phenoxy) is 4. The second-order valence-electron chi connectivity index (χ2n) is 15.4. The molecule has 1 saturated heterocycles. The van der Waals surface area contributed by atoms with E-state index in [9.17, 15) is 9.59 Å². The van der Waals surface area contributed by atoms with Gasteiger partial charge in [-0.1, -0.05) is 75.4 Å². The lowest BCUT2D eigenvalue weighted by Gasteiger charge is -2.39. The lowest BCUT2D eigenvalue weighted by atomic mass is 9.80. The van der Waals surface area contributed by atoms with Crippen LogP contribution < -0.4 is 20.7 Å². The average molecular weight is 780 g/mol. The second kappa shape index (κ2) is 18.4. The van der Waals surface area contributed by atoms with E-state index in [4.69, 9.17) is 28.0 Å². The monoisotopic (exact) mass is 779 g/mol. The van der Waals surface area contributed by atoms with Gasteiger partial charge >= 0.3 is 5.69 Å². The SMILES string of the molecule is COc1ccc(C(OC[C@H]2O[C@@H](n3ccc(=O)[nH]c3=O)[C@@H](F)[C@H]2OP(OCCC(C)(C)C)N(C(C)C)C(C)C)(c2ccccc2)c2ccc(OC)cc2)cc1. The summed E-state index contributed by atoms with van der Waals surface area (Å²) < 4.78 is 58.1. The van der Waals surface area contributed by atoms with Gasteiger partial charge in [0, 0.05) is 24.3 Å². The Hall–Kier alpha value is -3.90. The van der Waals surface area contributed by atoms with Gasteiger partial charge in [0.05, 0.1) is 27.4 Å². The summed E-state index contributed by atoms with van der Waals surface area (Å²) in [5.74, 6) is 1.34. The quantitative estimate of drug-likeness (QED) is 0.0842. The number of benzene rings is 3. The van der Waals surface area contributed by atoms with Gasteiger partial charge in [-0.05, 0) is 80.5 Å². The highest BCUT2D eigenvalue weighted by atomic mass is 31.2. The van der Waals surface area contributed by atoms with Crippen LogP contribution in [0.25, 0.3) is 0 Å². The molecule has 3 aromatic carbocycles. The van der Waals surface area contributed by atoms with E-state index < -0.39 is 50.0 Å². The van der Waals surface area contributed by atoms with Gasteiger partial charge in [0.15, 0.2) is 12.4 Å². The van der Waals surface area contributed by atoms with Crippen molar-refractivity contribution in [3.05, 3.63) is 129 Å². The molecule has 2 heterocycles. The topological polar surface area (TPSA) is 113 Å². The Morgan fingerprint density at radius 3 is 1.87 bits per heavy atom. The summed E-state index contributed by atoms with van der Waals surface area (Å²) in [7, 11) is 1.40. The van der Waals surface area contributed by atoms with Gasteiger partial charge in [-0.3, -0.25) is 14.3 Å². The smallest absolute Gasteiger partial charge is 0.330 e. The summed E-state index contributed by atoms with van der Waals surface area (Å²) in [4.78, 5) is 27.3. The van der Waals surface area contributed by atoms with Gasteiger partial charge in [0.1, 0.15) is 29.3 Å². The molecule has 0 radical (unpaired) electrons. The number of H-pyrrole nitrogens is 1. The molecular weight excluding hydrogens is 724 g/mol. The molecule has 0 aliphatic carbocycles. The van der Waals surface area contributed by atoms with Crippen LogP contribution in [0.5, 0.6) is 11.5 Å². The van der Waals surface area contributed by atoms with Gasteiger partial charge in [-0.25, -0.2) is 13.9 Å². The second-order valence-corrected chi connectivity index (χ2v) is 16.8. The minimum atomic E-state index is -1.84. The van der Waals surface area contributed by atoms with E-state index in [0.29, 0.717) is 18.1 Å². The number of nitrogens with one attached hydrogen (secondary N) is 1. The number of rotatable bonds is 17. The largest absolute Gasteiger partial charge is 0.497 e. The molecule has 0 amide bonds. The number of hydrogen-bond acceptors (Lipinski definition) is 9. The van der Waals surface area contributed by atoms with Crippen molar-refractivity contribution in [3.63, 3.8) is 0 Å². The van der Waals surface area contributed by atoms with Crippen LogP contribution in [0.4, 0.5) is 4.39 Å². The third-order valence-corrected chi connectivity index (χ3v) is 11.7. The standard InChI is InChI=1S/C42H55FN3O8P/c1-28(2)46(29(3)4)55(52-26-24-41(5,6)7)54-38-35(53-39(37(38)43)45-25-23-36(47)44-40(45)48)27-51-42(30-13-11-10-12-14-30,31-15-19-33(49-8)20-16-31)32-17-21-34(50-9)22-18-32/h10-23,25,28-29,35,37-39H,24,26-27H2,1-9H3,(H,44,47,48)/t35-,37+,38+,39-,55?/m1/s1. The van der Waals surface area contributed by atoms with Crippen molar-refractivity contribution in [2.24, 2.45) is 5.41 Å². The molecule has 1 aromatic heterocycles. The predicted molar refractivity (Wildman–Crippen MR) is 212 cm³/mol. The molecule has 11 nitrogen and oxygen atoms in total. The van der Waals surface area contributed by atoms with Crippen LogP contribution in [-0.4, -0.2) is 72.1 Å². The van der Waals surface area contributed by atoms with Crippen LogP contribution in [0.1, 0.15) is 77.8 Å². The van der Waals surface area contributed by atoms with Crippen molar-refractivity contribution in [2.45, 2.75) is 97.2 Å². The number of nitrogens with zero attached hydrogens (tertiary/aromatic N) is 2. The van der Waals surface area contributed by atoms with Crippen LogP contribution in [0.15, 0.2) is 101 Å². The van der Waals surface area contributed by atoms with Gasteiger partial charge < -0.3 is 28.0 Å². The minimum absolute atomic E-state index is 0.00284. The lowest BCUT2D eigenvalue weighted by Crippen LogP contribution is -2.41. The Morgan fingerprint density at radius 1 is 0.836 bits per heavy atom. The first-order valence-corrected chi connectivity index (χ1v) is 19.8. The van der Waals surface area contributed by atoms with Crippen molar-refractivity contribution in [1.82, 2.24) is 14.2 Å². The summed E-state index contributed by atoms with van der Waals surface area (Å²) in [5, 5.41) is 0. The summed E-state index contributed by atoms with van der Waals surface area (Å²) in [6, 6.07) is 26.1. The highest BCUT2D eigenvalue weighted by Crippen LogP contribution is 2.51. The zero-order valence-corrected chi connectivity index (χ0v) is 34.1. The molecule has 298 valence electrons. The molecule has 5 atom stereocenters. The van der Waals surface area contributed by atoms with Crippen LogP contribution in [0.3, 0.4) is 0 Å². The summed E-state index contributed by atoms with van der Waals surface area (Å²) in [6.07, 6.45) is -3.54. The van der Waals surface area contributed by atoms with E-state index >= 15 is 4.39 Å². The highest BCUT2D eigenvalue weighted by molar-refractivity contribution is 7.44. The summed E-state index contributed by atoms with van der Waals surface area (Å²) >= 11 is 0. The fourth-order valence-electron chi connectivity index (χ4n) is 6.75. The fourth-order valence-corrected chi connectivity index (χ4v) is 8.51. The molecule has 1 fully saturated rings. The van der Waals surface area contributed by atoms with Crippen LogP contribution in [0, 0.1) is 5.41 Å². The Bertz CT molecular complexity index is 1860. The van der Waals surface area contributed by atoms with E-state index in [-0.39, 0.29) is 24.1 Å². The van der Waals surface area contributed by atoms with E-state index in [1.807, 2.05) is 107 Å². The molecule has 0 spiro atoms. The van der Waals surface area contributed by atoms with E-state index in [1.54, 1.807) is 14.2 Å². The molecule has 4 aromatic rings. The number of aromatic nitrogens is 2. The molecule has 55 heavy (non-hydrogen) atoms. The summed E-state index contributed by atoms with van der Waals surface area (Å²) in [5.41, 5.74) is -0.267. The highest BCUT2D eigenvalue weighted by Gasteiger charge is 2.51. The third-order valence-electron chi connectivity index (χ3n) is 9.54. The van der Waals surface area contributed by atoms with Crippen LogP contribution in [-0.2, 0) is 24.1 Å². The van der Waals surface area contributed by atoms with E-state index in [1.165, 1.54) is 6.20 Å². The van der Waals surface area contributed by atoms with E-state index in [2.05, 4.69) is 30.4 Å². The Labute approximate surface area is 324 Å². The molecule has 0 bridgehead atoms. The first-order valence-electron chi connectivity index (χ1n) is 18.7. The van der Waals surface area contributed by atoms with Gasteiger partial charge in [0.2, 0.25) is 0 Å². The molecular formula is C42H55FN3O8P. The fraction of sp³-hybridized carbons (Fsp3) is 0.476. The first-order chi connectivity index (χ1) is 26.2. The molecule has 0 saturated carbocycles. The first kappa shape index (κ1) is 42.2. The minimum Gasteiger partial charge on any atom is -0.497 e. The number of alkyl halides is 1. The summed E-state index contributed by atoms with van der Waals surface area (Å²) in [6.45, 7) is 14.8. The molecule has 5 rings (SSSR count). The predicted octanol–water partition coefficient (Wildman–Crippen LogP) is 7.98. The maximum Gasteiger partial charge on any atom is 0.330 e. The number of halogens is 1. The van der Waals surface area contributed by atoms with Crippen molar-refractivity contribution in [3.8, 4) is 11.5 Å². The molecule has 1 unspecified atom stereocenters. The average Bonchev–Trinajstić information content (AvgIpc) is 3.45. The molecule has 1 N–H and O–H groups in total. The number of aromatic amines is 1. The zero-order valence-electron chi connectivity index (χ0n) is 33.2. The van der Waals surface area contributed by atoms with Crippen molar-refractivity contribution in [1.29, 1.82) is 0 Å². The van der Waals surface area contributed by atoms with E-state index in [0.717, 1.165) is 33.7 Å². The van der Waals surface area contributed by atoms with Crippen molar-refractivity contribution in [2.75, 3.05) is 27.4 Å². The normalized spacial score (nSPS) is 19.7. The Kier molecular flexibility index (Phi) is 14.1. The lowest BCUT2D eigenvalue weighted by molar-refractivity contribution is -0.0935. The maximum absolute atomic E-state index is 17.1. The Morgan fingerprint density at radius 2 is 1.38 bits per heavy atom. The van der Waals surface area contributed by atoms with Gasteiger partial charge in [0.25, 0.3) is 14.1 Å². The Balaban J connectivity index is 1.61. The number of methoxy groups -OCH3 is 2. The van der Waals surface area contributed by atoms with Crippen molar-refractivity contribution >= 4 is 8.53 Å². The van der Waals surface area contributed by atoms with Crippen LogP contribution in [0.2, 0.25) is 0 Å². The molecule has 1 aliphatic heterocycles. The number of hydrogen-bond donors (Lipinski definition) is 1. The van der Waals surface area contributed by atoms with Crippen LogP contribution >= 0.6 is 8.53 Å². The maximum atomic E-state index is 17.1. The third kappa shape index (κ3) is 9.92. The van der Waals surface area contributed by atoms with Gasteiger partial charge in [-0.15, -0.1) is 0 Å². The molecule has 13 heteroatoms. The molecule has 1 aliphatic rings. The van der Waals surface area contributed by atoms with Crippen molar-refractivity contribution < 1.29 is 32.4 Å². The van der Waals surface area contributed by atoms with Gasteiger partial charge in [-0.2, -0.15) is 0 Å². The zero-order chi connectivity index (χ0) is 39.9.